The number of amides is 2. The highest BCUT2D eigenvalue weighted by Gasteiger charge is 2.51. The quantitative estimate of drug-likeness (QED) is 0.921. The average molecular weight is 319 g/mol. The van der Waals surface area contributed by atoms with Gasteiger partial charge in [0.2, 0.25) is 5.91 Å². The second-order valence-corrected chi connectivity index (χ2v) is 7.24. The van der Waals surface area contributed by atoms with Crippen LogP contribution in [-0.4, -0.2) is 40.5 Å². The van der Waals surface area contributed by atoms with Gasteiger partial charge in [0, 0.05) is 31.1 Å². The highest BCUT2D eigenvalue weighted by molar-refractivity contribution is 5.92. The van der Waals surface area contributed by atoms with Crippen LogP contribution >= 0.6 is 0 Å². The van der Waals surface area contributed by atoms with Crippen molar-refractivity contribution in [1.82, 2.24) is 15.4 Å². The van der Waals surface area contributed by atoms with Gasteiger partial charge in [-0.2, -0.15) is 0 Å². The molecule has 1 aromatic heterocycles. The molecule has 2 amide bonds. The van der Waals surface area contributed by atoms with E-state index in [-0.39, 0.29) is 17.9 Å². The second-order valence-electron chi connectivity index (χ2n) is 7.24. The maximum atomic E-state index is 12.3. The van der Waals surface area contributed by atoms with Crippen molar-refractivity contribution in [1.29, 1.82) is 0 Å². The van der Waals surface area contributed by atoms with Crippen molar-refractivity contribution >= 4 is 11.8 Å². The lowest BCUT2D eigenvalue weighted by Gasteiger charge is -2.28. The number of carbonyl (C=O) groups is 2. The van der Waals surface area contributed by atoms with Crippen LogP contribution in [0.15, 0.2) is 10.6 Å². The Bertz CT molecular complexity index is 610. The fraction of sp³-hybridized carbons (Fsp3) is 0.706. The number of fused-ring (bicyclic) bond motifs is 1. The molecule has 1 N–H and O–H groups in total. The molecule has 2 heterocycles. The lowest BCUT2D eigenvalue weighted by molar-refractivity contribution is -0.130. The zero-order chi connectivity index (χ0) is 16.7. The summed E-state index contributed by atoms with van der Waals surface area (Å²) in [6.45, 7) is 8.72. The van der Waals surface area contributed by atoms with Crippen LogP contribution in [0.2, 0.25) is 0 Å². The first-order valence-corrected chi connectivity index (χ1v) is 8.41. The van der Waals surface area contributed by atoms with E-state index in [9.17, 15) is 9.59 Å². The summed E-state index contributed by atoms with van der Waals surface area (Å²) in [6.07, 6.45) is 1.63. The minimum absolute atomic E-state index is 0.206. The Morgan fingerprint density at radius 2 is 2.26 bits per heavy atom. The van der Waals surface area contributed by atoms with E-state index < -0.39 is 0 Å². The molecule has 6 nitrogen and oxygen atoms in total. The van der Waals surface area contributed by atoms with Crippen LogP contribution in [0.25, 0.3) is 0 Å². The predicted molar refractivity (Wildman–Crippen MR) is 84.7 cm³/mol. The van der Waals surface area contributed by atoms with Crippen molar-refractivity contribution in [2.45, 2.75) is 52.6 Å². The smallest absolute Gasteiger partial charge is 0.273 e. The van der Waals surface area contributed by atoms with Gasteiger partial charge < -0.3 is 14.7 Å². The Labute approximate surface area is 136 Å². The van der Waals surface area contributed by atoms with Crippen LogP contribution in [0.3, 0.4) is 0 Å². The Morgan fingerprint density at radius 3 is 2.87 bits per heavy atom. The summed E-state index contributed by atoms with van der Waals surface area (Å²) in [6, 6.07) is 2.21. The van der Waals surface area contributed by atoms with Crippen LogP contribution in [-0.2, 0) is 4.79 Å². The van der Waals surface area contributed by atoms with E-state index >= 15 is 0 Å². The van der Waals surface area contributed by atoms with Gasteiger partial charge in [0.25, 0.3) is 5.91 Å². The third-order valence-electron chi connectivity index (χ3n) is 5.36. The number of aromatic nitrogens is 1. The van der Waals surface area contributed by atoms with Gasteiger partial charge in [-0.15, -0.1) is 0 Å². The Kier molecular flexibility index (Phi) is 4.17. The first kappa shape index (κ1) is 16.0. The lowest BCUT2D eigenvalue weighted by Crippen LogP contribution is -2.39. The number of likely N-dealkylation sites (tertiary alicyclic amines) is 1. The summed E-state index contributed by atoms with van der Waals surface area (Å²) in [7, 11) is 0. The Morgan fingerprint density at radius 1 is 1.52 bits per heavy atom. The van der Waals surface area contributed by atoms with Gasteiger partial charge >= 0.3 is 0 Å². The number of nitrogens with zero attached hydrogens (tertiary/aromatic N) is 2. The van der Waals surface area contributed by atoms with Gasteiger partial charge in [0.05, 0.1) is 0 Å². The average Bonchev–Trinajstić information content (AvgIpc) is 3.10. The molecule has 4 atom stereocenters. The maximum absolute atomic E-state index is 12.3. The second kappa shape index (κ2) is 5.98. The highest BCUT2D eigenvalue weighted by atomic mass is 16.5. The molecule has 1 aliphatic heterocycles. The molecule has 0 spiro atoms. The van der Waals surface area contributed by atoms with Crippen molar-refractivity contribution < 1.29 is 14.1 Å². The van der Waals surface area contributed by atoms with E-state index in [2.05, 4.69) is 31.2 Å². The summed E-state index contributed by atoms with van der Waals surface area (Å²) in [5.74, 6) is 1.86. The number of hydrogen-bond acceptors (Lipinski definition) is 4. The summed E-state index contributed by atoms with van der Waals surface area (Å²) < 4.78 is 4.94. The monoisotopic (exact) mass is 319 g/mol. The predicted octanol–water partition coefficient (Wildman–Crippen LogP) is 1.99. The Hall–Kier alpha value is -1.85. The molecule has 1 aliphatic carbocycles. The molecule has 23 heavy (non-hydrogen) atoms. The molecule has 126 valence electrons. The number of aryl methyl sites for hydroxylation is 1. The number of nitrogens with one attached hydrogen (secondary N) is 1. The van der Waals surface area contributed by atoms with Crippen molar-refractivity contribution in [2.75, 3.05) is 6.54 Å². The fourth-order valence-electron chi connectivity index (χ4n) is 4.34. The van der Waals surface area contributed by atoms with Gasteiger partial charge in [0.15, 0.2) is 5.69 Å². The van der Waals surface area contributed by atoms with E-state index in [1.54, 1.807) is 13.0 Å². The van der Waals surface area contributed by atoms with Crippen molar-refractivity contribution in [2.24, 2.45) is 17.8 Å². The molecule has 0 aromatic carbocycles. The molecular weight excluding hydrogens is 294 g/mol. The van der Waals surface area contributed by atoms with Crippen LogP contribution in [0.1, 0.15) is 49.9 Å². The SMILES string of the molecule is Cc1cc(C(=O)NC[C@H]2[C@@H]3CC(=O)N(C(C)C)[C@@H]3C[C@@H]2C)no1. The largest absolute Gasteiger partial charge is 0.361 e. The molecule has 6 heteroatoms. The molecule has 1 aromatic rings. The molecule has 2 aliphatic rings. The molecule has 1 saturated carbocycles. The minimum atomic E-state index is -0.206. The highest BCUT2D eigenvalue weighted by Crippen LogP contribution is 2.46. The Balaban J connectivity index is 1.64. The first-order valence-electron chi connectivity index (χ1n) is 8.41. The zero-order valence-corrected chi connectivity index (χ0v) is 14.2. The summed E-state index contributed by atoms with van der Waals surface area (Å²) in [4.78, 5) is 26.4. The molecule has 0 radical (unpaired) electrons. The van der Waals surface area contributed by atoms with Crippen molar-refractivity contribution in [3.63, 3.8) is 0 Å². The van der Waals surface area contributed by atoms with E-state index in [1.807, 2.05) is 4.90 Å². The summed E-state index contributed by atoms with van der Waals surface area (Å²) >= 11 is 0. The van der Waals surface area contributed by atoms with E-state index in [4.69, 9.17) is 4.52 Å². The number of rotatable bonds is 4. The van der Waals surface area contributed by atoms with Gasteiger partial charge in [-0.1, -0.05) is 12.1 Å². The maximum Gasteiger partial charge on any atom is 0.273 e. The first-order chi connectivity index (χ1) is 10.9. The molecular formula is C17H25N3O3. The third-order valence-corrected chi connectivity index (χ3v) is 5.36. The van der Waals surface area contributed by atoms with Crippen LogP contribution in [0.4, 0.5) is 0 Å². The molecule has 3 rings (SSSR count). The molecule has 1 saturated heterocycles. The van der Waals surface area contributed by atoms with Crippen LogP contribution < -0.4 is 5.32 Å². The number of hydrogen-bond donors (Lipinski definition) is 1. The van der Waals surface area contributed by atoms with Gasteiger partial charge in [-0.3, -0.25) is 9.59 Å². The van der Waals surface area contributed by atoms with Crippen LogP contribution in [0.5, 0.6) is 0 Å². The van der Waals surface area contributed by atoms with Gasteiger partial charge in [-0.05, 0) is 44.9 Å². The minimum Gasteiger partial charge on any atom is -0.361 e. The van der Waals surface area contributed by atoms with Crippen molar-refractivity contribution in [3.8, 4) is 0 Å². The molecule has 0 bridgehead atoms. The van der Waals surface area contributed by atoms with E-state index in [0.717, 1.165) is 6.42 Å². The fourth-order valence-corrected chi connectivity index (χ4v) is 4.34. The summed E-state index contributed by atoms with van der Waals surface area (Å²) in [5.41, 5.74) is 0.316. The van der Waals surface area contributed by atoms with Gasteiger partial charge in [0.1, 0.15) is 5.76 Å². The van der Waals surface area contributed by atoms with Gasteiger partial charge in [-0.25, -0.2) is 0 Å². The standard InChI is InChI=1S/C17H25N3O3/c1-9(2)20-15-5-10(3)13(12(15)7-16(20)21)8-18-17(22)14-6-11(4)23-19-14/h6,9-10,12-13,15H,5,7-8H2,1-4H3,(H,18,22)/t10-,12-,13+,15+/m0/s1. The van der Waals surface area contributed by atoms with E-state index in [0.29, 0.717) is 48.2 Å². The summed E-state index contributed by atoms with van der Waals surface area (Å²) in [5, 5.41) is 6.71. The zero-order valence-electron chi connectivity index (χ0n) is 14.2. The molecule has 2 fully saturated rings. The third kappa shape index (κ3) is 2.86. The normalized spacial score (nSPS) is 30.1. The molecule has 0 unspecified atom stereocenters. The lowest BCUT2D eigenvalue weighted by atomic mass is 9.88. The topological polar surface area (TPSA) is 75.4 Å². The number of carbonyl (C=O) groups excluding carboxylic acids is 2. The van der Waals surface area contributed by atoms with E-state index in [1.165, 1.54) is 0 Å². The van der Waals surface area contributed by atoms with Crippen LogP contribution in [0, 0.1) is 24.7 Å². The van der Waals surface area contributed by atoms with Crippen molar-refractivity contribution in [3.05, 3.63) is 17.5 Å².